The Morgan fingerprint density at radius 2 is 1.68 bits per heavy atom. The fraction of sp³-hybridized carbons (Fsp3) is 0.417. The van der Waals surface area contributed by atoms with E-state index in [0.717, 1.165) is 18.8 Å². The summed E-state index contributed by atoms with van der Waals surface area (Å²) in [6.45, 7) is 2.77. The number of ether oxygens (including phenoxy) is 2. The average Bonchev–Trinajstić information content (AvgIpc) is 2.89. The van der Waals surface area contributed by atoms with Crippen LogP contribution in [-0.2, 0) is 29.1 Å². The Balaban J connectivity index is 1.32. The molecule has 182 valence electrons. The predicted octanol–water partition coefficient (Wildman–Crippen LogP) is 2.25. The Labute approximate surface area is 199 Å². The number of amides is 1. The summed E-state index contributed by atoms with van der Waals surface area (Å²) >= 11 is 0. The monoisotopic (exact) mass is 487 g/mol. The first-order chi connectivity index (χ1) is 16.4. The lowest BCUT2D eigenvalue weighted by Gasteiger charge is -2.32. The number of hydrogen-bond donors (Lipinski definition) is 1. The number of sulfonamides is 1. The molecule has 2 aliphatic rings. The van der Waals surface area contributed by atoms with E-state index in [4.69, 9.17) is 9.47 Å². The minimum absolute atomic E-state index is 0.132. The molecule has 2 aliphatic heterocycles. The summed E-state index contributed by atoms with van der Waals surface area (Å²) in [7, 11) is -3.84. The zero-order valence-corrected chi connectivity index (χ0v) is 19.7. The van der Waals surface area contributed by atoms with Gasteiger partial charge in [0.05, 0.1) is 18.1 Å². The molecular formula is C24H29N3O6S. The number of carbonyl (C=O) groups is 2. The van der Waals surface area contributed by atoms with Crippen LogP contribution in [0.5, 0.6) is 0 Å². The van der Waals surface area contributed by atoms with Gasteiger partial charge in [-0.1, -0.05) is 18.2 Å². The molecule has 0 saturated carbocycles. The van der Waals surface area contributed by atoms with Crippen LogP contribution in [0.25, 0.3) is 0 Å². The van der Waals surface area contributed by atoms with Crippen molar-refractivity contribution in [3.05, 3.63) is 54.6 Å². The molecule has 2 aromatic carbocycles. The third kappa shape index (κ3) is 5.75. The van der Waals surface area contributed by atoms with Crippen molar-refractivity contribution >= 4 is 33.3 Å². The van der Waals surface area contributed by atoms with Gasteiger partial charge in [0.15, 0.2) is 6.61 Å². The van der Waals surface area contributed by atoms with Gasteiger partial charge < -0.3 is 19.7 Å². The molecule has 10 heteroatoms. The molecule has 0 bridgehead atoms. The van der Waals surface area contributed by atoms with Crippen LogP contribution in [0, 0.1) is 0 Å². The third-order valence-corrected chi connectivity index (χ3v) is 7.87. The Morgan fingerprint density at radius 3 is 2.38 bits per heavy atom. The van der Waals surface area contributed by atoms with E-state index >= 15 is 0 Å². The second kappa shape index (κ2) is 11.0. The van der Waals surface area contributed by atoms with Crippen LogP contribution in [0.1, 0.15) is 19.3 Å². The number of nitrogens with zero attached hydrogens (tertiary/aromatic N) is 2. The summed E-state index contributed by atoms with van der Waals surface area (Å²) in [5.41, 5.74) is 1.63. The fourth-order valence-corrected chi connectivity index (χ4v) is 5.83. The topological polar surface area (TPSA) is 105 Å². The molecular weight excluding hydrogens is 458 g/mol. The lowest BCUT2D eigenvalue weighted by Crippen LogP contribution is -2.48. The van der Waals surface area contributed by atoms with Crippen molar-refractivity contribution in [1.29, 1.82) is 0 Å². The predicted molar refractivity (Wildman–Crippen MR) is 127 cm³/mol. The summed E-state index contributed by atoms with van der Waals surface area (Å²) in [5.74, 6) is -1.20. The molecule has 4 rings (SSSR count). The van der Waals surface area contributed by atoms with Crippen molar-refractivity contribution in [2.75, 3.05) is 49.7 Å². The average molecular weight is 488 g/mol. The van der Waals surface area contributed by atoms with Crippen molar-refractivity contribution in [2.45, 2.75) is 30.2 Å². The summed E-state index contributed by atoms with van der Waals surface area (Å²) in [6, 6.07) is 14.5. The Kier molecular flexibility index (Phi) is 7.81. The SMILES string of the molecule is O=C(COC(=O)C1CCCCN1S(=O)(=O)c1ccccc1)Nc1ccc(N2CCOCC2)cc1. The molecule has 0 aromatic heterocycles. The fourth-order valence-electron chi connectivity index (χ4n) is 4.16. The number of esters is 1. The lowest BCUT2D eigenvalue weighted by atomic mass is 10.1. The maximum absolute atomic E-state index is 13.1. The van der Waals surface area contributed by atoms with E-state index in [2.05, 4.69) is 10.2 Å². The van der Waals surface area contributed by atoms with Crippen LogP contribution in [0.3, 0.4) is 0 Å². The highest BCUT2D eigenvalue weighted by atomic mass is 32.2. The van der Waals surface area contributed by atoms with Crippen molar-refractivity contribution in [2.24, 2.45) is 0 Å². The van der Waals surface area contributed by atoms with Gasteiger partial charge in [-0.05, 0) is 55.7 Å². The van der Waals surface area contributed by atoms with Crippen LogP contribution in [0.15, 0.2) is 59.5 Å². The molecule has 9 nitrogen and oxygen atoms in total. The number of rotatable bonds is 7. The molecule has 2 heterocycles. The molecule has 1 unspecified atom stereocenters. The highest BCUT2D eigenvalue weighted by Gasteiger charge is 2.38. The molecule has 1 atom stereocenters. The number of morpholine rings is 1. The molecule has 1 N–H and O–H groups in total. The standard InChI is InChI=1S/C24H29N3O6S/c28-23(25-19-9-11-20(12-10-19)26-14-16-32-17-15-26)18-33-24(29)22-8-4-5-13-27(22)34(30,31)21-6-2-1-3-7-21/h1-3,6-7,9-12,22H,4-5,8,13-18H2,(H,25,28). The quantitative estimate of drug-likeness (QED) is 0.597. The maximum Gasteiger partial charge on any atom is 0.324 e. The minimum Gasteiger partial charge on any atom is -0.454 e. The zero-order chi connectivity index (χ0) is 24.0. The number of carbonyl (C=O) groups excluding carboxylic acids is 2. The van der Waals surface area contributed by atoms with E-state index in [1.54, 1.807) is 30.3 Å². The molecule has 1 amide bonds. The number of anilines is 2. The van der Waals surface area contributed by atoms with E-state index in [1.807, 2.05) is 12.1 Å². The summed E-state index contributed by atoms with van der Waals surface area (Å²) < 4.78 is 37.9. The van der Waals surface area contributed by atoms with Gasteiger partial charge in [0, 0.05) is 31.0 Å². The van der Waals surface area contributed by atoms with Gasteiger partial charge >= 0.3 is 5.97 Å². The smallest absolute Gasteiger partial charge is 0.324 e. The van der Waals surface area contributed by atoms with Gasteiger partial charge in [0.1, 0.15) is 6.04 Å². The molecule has 34 heavy (non-hydrogen) atoms. The second-order valence-electron chi connectivity index (χ2n) is 8.24. The van der Waals surface area contributed by atoms with Gasteiger partial charge in [0.2, 0.25) is 10.0 Å². The number of benzene rings is 2. The van der Waals surface area contributed by atoms with Gasteiger partial charge in [-0.25, -0.2) is 8.42 Å². The Morgan fingerprint density at radius 1 is 0.971 bits per heavy atom. The minimum atomic E-state index is -3.84. The van der Waals surface area contributed by atoms with Crippen LogP contribution in [0.4, 0.5) is 11.4 Å². The number of hydrogen-bond acceptors (Lipinski definition) is 7. The van der Waals surface area contributed by atoms with Crippen LogP contribution in [0.2, 0.25) is 0 Å². The van der Waals surface area contributed by atoms with Gasteiger partial charge in [0.25, 0.3) is 5.91 Å². The molecule has 2 fully saturated rings. The molecule has 2 aromatic rings. The van der Waals surface area contributed by atoms with Crippen LogP contribution >= 0.6 is 0 Å². The zero-order valence-electron chi connectivity index (χ0n) is 18.9. The highest BCUT2D eigenvalue weighted by molar-refractivity contribution is 7.89. The second-order valence-corrected chi connectivity index (χ2v) is 10.1. The van der Waals surface area contributed by atoms with Gasteiger partial charge in [-0.15, -0.1) is 0 Å². The van der Waals surface area contributed by atoms with Gasteiger partial charge in [-0.3, -0.25) is 9.59 Å². The normalized spacial score (nSPS) is 19.4. The van der Waals surface area contributed by atoms with Gasteiger partial charge in [-0.2, -0.15) is 4.31 Å². The Hall–Kier alpha value is -2.95. The van der Waals surface area contributed by atoms with Crippen LogP contribution in [-0.4, -0.2) is 70.1 Å². The maximum atomic E-state index is 13.1. The van der Waals surface area contributed by atoms with Crippen LogP contribution < -0.4 is 10.2 Å². The first kappa shape index (κ1) is 24.2. The third-order valence-electron chi connectivity index (χ3n) is 5.95. The van der Waals surface area contributed by atoms with Crippen molar-refractivity contribution in [3.63, 3.8) is 0 Å². The van der Waals surface area contributed by atoms with Crippen molar-refractivity contribution < 1.29 is 27.5 Å². The summed E-state index contributed by atoms with van der Waals surface area (Å²) in [5, 5.41) is 2.71. The van der Waals surface area contributed by atoms with Crippen molar-refractivity contribution in [1.82, 2.24) is 4.31 Å². The molecule has 0 spiro atoms. The molecule has 2 saturated heterocycles. The van der Waals surface area contributed by atoms with Crippen molar-refractivity contribution in [3.8, 4) is 0 Å². The summed E-state index contributed by atoms with van der Waals surface area (Å²) in [6.07, 6.45) is 1.73. The lowest BCUT2D eigenvalue weighted by molar-refractivity contribution is -0.152. The van der Waals surface area contributed by atoms with E-state index in [9.17, 15) is 18.0 Å². The molecule has 0 radical (unpaired) electrons. The van der Waals surface area contributed by atoms with E-state index in [0.29, 0.717) is 38.2 Å². The largest absolute Gasteiger partial charge is 0.454 e. The van der Waals surface area contributed by atoms with E-state index in [-0.39, 0.29) is 11.4 Å². The number of nitrogens with one attached hydrogen (secondary N) is 1. The summed E-state index contributed by atoms with van der Waals surface area (Å²) in [4.78, 5) is 27.4. The Bertz CT molecular complexity index is 1090. The van der Waals surface area contributed by atoms with E-state index < -0.39 is 34.5 Å². The van der Waals surface area contributed by atoms with E-state index in [1.165, 1.54) is 16.4 Å². The first-order valence-corrected chi connectivity index (χ1v) is 12.9. The highest BCUT2D eigenvalue weighted by Crippen LogP contribution is 2.26. The molecule has 0 aliphatic carbocycles. The number of piperidine rings is 1. The first-order valence-electron chi connectivity index (χ1n) is 11.4.